The number of halogens is 1. The molecule has 0 heterocycles. The number of anilines is 3. The van der Waals surface area contributed by atoms with Crippen molar-refractivity contribution in [3.63, 3.8) is 0 Å². The van der Waals surface area contributed by atoms with Crippen LogP contribution in [0.4, 0.5) is 17.1 Å². The van der Waals surface area contributed by atoms with Gasteiger partial charge in [-0.2, -0.15) is 0 Å². The van der Waals surface area contributed by atoms with Gasteiger partial charge < -0.3 is 20.5 Å². The number of methoxy groups -OCH3 is 1. The SMILES string of the molecule is COC(=O)c1ccc(Nc2cc(Cl)ccc2Oc2ccccc2)c(N)c1. The lowest BCUT2D eigenvalue weighted by molar-refractivity contribution is 0.0601. The van der Waals surface area contributed by atoms with E-state index in [0.29, 0.717) is 39.1 Å². The van der Waals surface area contributed by atoms with Crippen molar-refractivity contribution in [1.29, 1.82) is 0 Å². The molecule has 0 saturated heterocycles. The van der Waals surface area contributed by atoms with Crippen molar-refractivity contribution >= 4 is 34.6 Å². The Kier molecular flexibility index (Phi) is 5.29. The number of carbonyl (C=O) groups is 1. The van der Waals surface area contributed by atoms with Crippen molar-refractivity contribution in [2.24, 2.45) is 0 Å². The number of ether oxygens (including phenoxy) is 2. The highest BCUT2D eigenvalue weighted by atomic mass is 35.5. The molecule has 0 atom stereocenters. The molecule has 0 aliphatic rings. The summed E-state index contributed by atoms with van der Waals surface area (Å²) in [5.41, 5.74) is 8.11. The zero-order chi connectivity index (χ0) is 18.5. The van der Waals surface area contributed by atoms with E-state index in [1.54, 1.807) is 36.4 Å². The van der Waals surface area contributed by atoms with Gasteiger partial charge in [0.25, 0.3) is 0 Å². The molecular formula is C20H17ClN2O3. The van der Waals surface area contributed by atoms with Gasteiger partial charge in [0.15, 0.2) is 5.75 Å². The van der Waals surface area contributed by atoms with Crippen LogP contribution in [-0.2, 0) is 4.74 Å². The van der Waals surface area contributed by atoms with Crippen LogP contribution in [0.25, 0.3) is 0 Å². The maximum Gasteiger partial charge on any atom is 0.337 e. The Morgan fingerprint density at radius 1 is 1.00 bits per heavy atom. The van der Waals surface area contributed by atoms with Crippen LogP contribution in [-0.4, -0.2) is 13.1 Å². The van der Waals surface area contributed by atoms with Crippen LogP contribution < -0.4 is 15.8 Å². The topological polar surface area (TPSA) is 73.6 Å². The molecular weight excluding hydrogens is 352 g/mol. The average Bonchev–Trinajstić information content (AvgIpc) is 2.65. The molecule has 132 valence electrons. The molecule has 0 radical (unpaired) electrons. The summed E-state index contributed by atoms with van der Waals surface area (Å²) < 4.78 is 10.6. The first-order valence-electron chi connectivity index (χ1n) is 7.84. The summed E-state index contributed by atoms with van der Waals surface area (Å²) in [6.07, 6.45) is 0. The van der Waals surface area contributed by atoms with Crippen LogP contribution >= 0.6 is 11.6 Å². The van der Waals surface area contributed by atoms with Crippen molar-refractivity contribution in [2.75, 3.05) is 18.2 Å². The van der Waals surface area contributed by atoms with E-state index in [4.69, 9.17) is 26.8 Å². The number of nitrogen functional groups attached to an aromatic ring is 1. The van der Waals surface area contributed by atoms with Gasteiger partial charge in [0.1, 0.15) is 5.75 Å². The highest BCUT2D eigenvalue weighted by Crippen LogP contribution is 2.35. The average molecular weight is 369 g/mol. The van der Waals surface area contributed by atoms with Crippen LogP contribution in [0.5, 0.6) is 11.5 Å². The number of benzene rings is 3. The molecule has 3 aromatic carbocycles. The highest BCUT2D eigenvalue weighted by molar-refractivity contribution is 6.31. The molecule has 0 amide bonds. The minimum atomic E-state index is -0.445. The smallest absolute Gasteiger partial charge is 0.337 e. The zero-order valence-electron chi connectivity index (χ0n) is 14.0. The van der Waals surface area contributed by atoms with Crippen molar-refractivity contribution in [3.05, 3.63) is 77.3 Å². The largest absolute Gasteiger partial charge is 0.465 e. The standard InChI is InChI=1S/C20H17ClN2O3/c1-25-20(24)13-7-9-17(16(22)11-13)23-18-12-14(21)8-10-19(18)26-15-5-3-2-4-6-15/h2-12,23H,22H2,1H3. The predicted octanol–water partition coefficient (Wildman–Crippen LogP) is 5.24. The molecule has 0 spiro atoms. The summed E-state index contributed by atoms with van der Waals surface area (Å²) in [4.78, 5) is 11.6. The minimum Gasteiger partial charge on any atom is -0.465 e. The minimum absolute atomic E-state index is 0.377. The van der Waals surface area contributed by atoms with E-state index in [-0.39, 0.29) is 0 Å². The molecule has 6 heteroatoms. The lowest BCUT2D eigenvalue weighted by atomic mass is 10.1. The first-order valence-corrected chi connectivity index (χ1v) is 8.22. The molecule has 0 aromatic heterocycles. The van der Waals surface area contributed by atoms with Gasteiger partial charge in [-0.3, -0.25) is 0 Å². The number of rotatable bonds is 5. The molecule has 0 bridgehead atoms. The molecule has 3 aromatic rings. The third-order valence-corrected chi connectivity index (χ3v) is 3.89. The van der Waals surface area contributed by atoms with Crippen LogP contribution in [0, 0.1) is 0 Å². The Morgan fingerprint density at radius 3 is 2.46 bits per heavy atom. The maximum atomic E-state index is 11.6. The van der Waals surface area contributed by atoms with Crippen LogP contribution in [0.15, 0.2) is 66.7 Å². The van der Waals surface area contributed by atoms with E-state index >= 15 is 0 Å². The molecule has 0 aliphatic heterocycles. The van der Waals surface area contributed by atoms with E-state index in [2.05, 4.69) is 5.32 Å². The normalized spacial score (nSPS) is 10.2. The molecule has 0 fully saturated rings. The summed E-state index contributed by atoms with van der Waals surface area (Å²) in [6.45, 7) is 0. The highest BCUT2D eigenvalue weighted by Gasteiger charge is 2.11. The molecule has 0 saturated carbocycles. The van der Waals surface area contributed by atoms with Crippen LogP contribution in [0.3, 0.4) is 0 Å². The van der Waals surface area contributed by atoms with Crippen LogP contribution in [0.2, 0.25) is 5.02 Å². The first kappa shape index (κ1) is 17.6. The van der Waals surface area contributed by atoms with E-state index in [9.17, 15) is 4.79 Å². The fraction of sp³-hybridized carbons (Fsp3) is 0.0500. The fourth-order valence-electron chi connectivity index (χ4n) is 2.37. The van der Waals surface area contributed by atoms with Crippen LogP contribution in [0.1, 0.15) is 10.4 Å². The van der Waals surface area contributed by atoms with E-state index in [1.165, 1.54) is 7.11 Å². The molecule has 26 heavy (non-hydrogen) atoms. The number of hydrogen-bond acceptors (Lipinski definition) is 5. The summed E-state index contributed by atoms with van der Waals surface area (Å²) in [5.74, 6) is 0.850. The van der Waals surface area contributed by atoms with Crippen molar-refractivity contribution in [3.8, 4) is 11.5 Å². The van der Waals surface area contributed by atoms with Gasteiger partial charge in [0.05, 0.1) is 29.7 Å². The van der Waals surface area contributed by atoms with E-state index < -0.39 is 5.97 Å². The number of hydrogen-bond donors (Lipinski definition) is 2. The lowest BCUT2D eigenvalue weighted by Crippen LogP contribution is -2.04. The first-order chi connectivity index (χ1) is 12.6. The second kappa shape index (κ2) is 7.80. The van der Waals surface area contributed by atoms with Gasteiger partial charge >= 0.3 is 5.97 Å². The summed E-state index contributed by atoms with van der Waals surface area (Å²) in [5, 5.41) is 3.75. The molecule has 5 nitrogen and oxygen atoms in total. The third kappa shape index (κ3) is 4.07. The second-order valence-electron chi connectivity index (χ2n) is 5.47. The number of esters is 1. The molecule has 3 N–H and O–H groups in total. The van der Waals surface area contributed by atoms with Gasteiger partial charge in [-0.25, -0.2) is 4.79 Å². The van der Waals surface area contributed by atoms with Gasteiger partial charge in [-0.1, -0.05) is 29.8 Å². The summed E-state index contributed by atoms with van der Waals surface area (Å²) in [6, 6.07) is 19.6. The molecule has 0 aliphatic carbocycles. The Bertz CT molecular complexity index is 930. The molecule has 0 unspecified atom stereocenters. The van der Waals surface area contributed by atoms with Crippen molar-refractivity contribution < 1.29 is 14.3 Å². The van der Waals surface area contributed by atoms with Gasteiger partial charge in [-0.05, 0) is 48.5 Å². The Morgan fingerprint density at radius 2 is 1.77 bits per heavy atom. The monoisotopic (exact) mass is 368 g/mol. The Labute approximate surface area is 156 Å². The van der Waals surface area contributed by atoms with Crippen molar-refractivity contribution in [2.45, 2.75) is 0 Å². The van der Waals surface area contributed by atoms with Gasteiger partial charge in [-0.15, -0.1) is 0 Å². The fourth-order valence-corrected chi connectivity index (χ4v) is 2.54. The number of nitrogens with two attached hydrogens (primary N) is 1. The van der Waals surface area contributed by atoms with Crippen molar-refractivity contribution in [1.82, 2.24) is 0 Å². The quantitative estimate of drug-likeness (QED) is 0.475. The summed E-state index contributed by atoms with van der Waals surface area (Å²) >= 11 is 6.12. The van der Waals surface area contributed by atoms with Gasteiger partial charge in [0, 0.05) is 5.02 Å². The number of carbonyl (C=O) groups excluding carboxylic acids is 1. The maximum absolute atomic E-state index is 11.6. The molecule has 3 rings (SSSR count). The predicted molar refractivity (Wildman–Crippen MR) is 103 cm³/mol. The van der Waals surface area contributed by atoms with E-state index in [1.807, 2.05) is 30.3 Å². The zero-order valence-corrected chi connectivity index (χ0v) is 14.8. The third-order valence-electron chi connectivity index (χ3n) is 3.65. The lowest BCUT2D eigenvalue weighted by Gasteiger charge is -2.15. The Balaban J connectivity index is 1.90. The van der Waals surface area contributed by atoms with E-state index in [0.717, 1.165) is 0 Å². The second-order valence-corrected chi connectivity index (χ2v) is 5.91. The number of para-hydroxylation sites is 1. The van der Waals surface area contributed by atoms with Gasteiger partial charge in [0.2, 0.25) is 0 Å². The Hall–Kier alpha value is -3.18. The summed E-state index contributed by atoms with van der Waals surface area (Å²) in [7, 11) is 1.32. The number of nitrogens with one attached hydrogen (secondary N) is 1.